The number of aryl methyl sites for hydroxylation is 1. The van der Waals surface area contributed by atoms with E-state index in [9.17, 15) is 18.5 Å². The Labute approximate surface area is 181 Å². The number of nitrogens with zero attached hydrogens (tertiary/aromatic N) is 3. The van der Waals surface area contributed by atoms with Crippen molar-refractivity contribution in [3.05, 3.63) is 70.9 Å². The van der Waals surface area contributed by atoms with Crippen LogP contribution in [0.4, 0.5) is 5.69 Å². The van der Waals surface area contributed by atoms with Crippen LogP contribution in [0, 0.1) is 18.3 Å². The van der Waals surface area contributed by atoms with Gasteiger partial charge in [0, 0.05) is 43.1 Å². The number of anilines is 1. The lowest BCUT2D eigenvalue weighted by atomic mass is 10.2. The molecule has 30 heavy (non-hydrogen) atoms. The van der Waals surface area contributed by atoms with Gasteiger partial charge < -0.3 is 10.2 Å². The van der Waals surface area contributed by atoms with Crippen molar-refractivity contribution in [2.45, 2.75) is 11.8 Å². The summed E-state index contributed by atoms with van der Waals surface area (Å²) in [5.74, 6) is -0.540. The van der Waals surface area contributed by atoms with Crippen molar-refractivity contribution in [3.63, 3.8) is 0 Å². The zero-order valence-corrected chi connectivity index (χ0v) is 17.9. The lowest BCUT2D eigenvalue weighted by Gasteiger charge is -2.33. The maximum atomic E-state index is 12.7. The number of nitrogens with one attached hydrogen (secondary N) is 1. The van der Waals surface area contributed by atoms with Gasteiger partial charge in [0.2, 0.25) is 10.0 Å². The molecule has 7 nitrogen and oxygen atoms in total. The average Bonchev–Trinajstić information content (AvgIpc) is 2.75. The molecule has 0 unspecified atom stereocenters. The van der Waals surface area contributed by atoms with Gasteiger partial charge in [0.1, 0.15) is 11.6 Å². The van der Waals surface area contributed by atoms with Crippen LogP contribution in [-0.4, -0.2) is 49.7 Å². The summed E-state index contributed by atoms with van der Waals surface area (Å²) in [5, 5.41) is 12.6. The van der Waals surface area contributed by atoms with Gasteiger partial charge in [-0.15, -0.1) is 0 Å². The molecule has 0 spiro atoms. The average molecular weight is 445 g/mol. The Bertz CT molecular complexity index is 1100. The fourth-order valence-corrected chi connectivity index (χ4v) is 4.67. The first kappa shape index (κ1) is 21.8. The maximum absolute atomic E-state index is 12.7. The topological polar surface area (TPSA) is 93.5 Å². The third-order valence-electron chi connectivity index (χ3n) is 4.78. The Balaban J connectivity index is 1.66. The van der Waals surface area contributed by atoms with Crippen LogP contribution < -0.4 is 5.32 Å². The second-order valence-corrected chi connectivity index (χ2v) is 9.20. The molecule has 1 amide bonds. The number of amides is 1. The van der Waals surface area contributed by atoms with E-state index in [1.54, 1.807) is 53.4 Å². The summed E-state index contributed by atoms with van der Waals surface area (Å²) in [6.07, 6.45) is 1.47. The summed E-state index contributed by atoms with van der Waals surface area (Å²) in [6, 6.07) is 15.3. The minimum atomic E-state index is -3.56. The Morgan fingerprint density at radius 2 is 1.80 bits per heavy atom. The van der Waals surface area contributed by atoms with Gasteiger partial charge in [-0.05, 0) is 36.8 Å². The van der Waals surface area contributed by atoms with Crippen molar-refractivity contribution in [3.8, 4) is 6.07 Å². The molecular formula is C21H21ClN4O3S. The number of rotatable bonds is 5. The Kier molecular flexibility index (Phi) is 6.77. The quantitative estimate of drug-likeness (QED) is 0.565. The number of halogens is 1. The fraction of sp³-hybridized carbons (Fsp3) is 0.238. The Morgan fingerprint density at radius 1 is 1.13 bits per heavy atom. The van der Waals surface area contributed by atoms with E-state index in [1.165, 1.54) is 10.5 Å². The zero-order chi connectivity index (χ0) is 21.7. The number of nitriles is 1. The molecule has 0 atom stereocenters. The molecule has 1 N–H and O–H groups in total. The van der Waals surface area contributed by atoms with Crippen molar-refractivity contribution in [1.29, 1.82) is 5.26 Å². The summed E-state index contributed by atoms with van der Waals surface area (Å²) in [6.45, 7) is 3.11. The minimum absolute atomic E-state index is 0.0613. The van der Waals surface area contributed by atoms with Gasteiger partial charge >= 0.3 is 0 Å². The molecule has 0 aromatic heterocycles. The van der Waals surface area contributed by atoms with Gasteiger partial charge in [-0.3, -0.25) is 4.79 Å². The Morgan fingerprint density at radius 3 is 2.43 bits per heavy atom. The van der Waals surface area contributed by atoms with E-state index in [2.05, 4.69) is 5.32 Å². The van der Waals surface area contributed by atoms with Crippen molar-refractivity contribution < 1.29 is 13.2 Å². The van der Waals surface area contributed by atoms with E-state index in [4.69, 9.17) is 11.6 Å². The van der Waals surface area contributed by atoms with Gasteiger partial charge in [-0.2, -0.15) is 9.57 Å². The molecule has 9 heteroatoms. The molecule has 2 aromatic rings. The van der Waals surface area contributed by atoms with E-state index in [1.807, 2.05) is 13.0 Å². The van der Waals surface area contributed by atoms with Crippen LogP contribution in [0.2, 0.25) is 5.02 Å². The minimum Gasteiger partial charge on any atom is -0.373 e. The Hall–Kier alpha value is -2.86. The smallest absolute Gasteiger partial charge is 0.267 e. The van der Waals surface area contributed by atoms with Crippen LogP contribution in [0.3, 0.4) is 0 Å². The van der Waals surface area contributed by atoms with E-state index in [0.29, 0.717) is 23.8 Å². The van der Waals surface area contributed by atoms with Crippen molar-refractivity contribution in [2.75, 3.05) is 31.5 Å². The molecule has 0 bridgehead atoms. The predicted octanol–water partition coefficient (Wildman–Crippen LogP) is 3.00. The van der Waals surface area contributed by atoms with Gasteiger partial charge in [-0.25, -0.2) is 8.42 Å². The second kappa shape index (κ2) is 9.30. The van der Waals surface area contributed by atoms with Gasteiger partial charge in [0.05, 0.1) is 4.90 Å². The van der Waals surface area contributed by atoms with Crippen LogP contribution in [0.25, 0.3) is 0 Å². The number of piperazine rings is 1. The highest BCUT2D eigenvalue weighted by molar-refractivity contribution is 7.89. The normalized spacial score (nSPS) is 15.5. The first-order valence-corrected chi connectivity index (χ1v) is 11.1. The molecule has 1 aliphatic rings. The molecule has 2 aromatic carbocycles. The molecular weight excluding hydrogens is 424 g/mol. The van der Waals surface area contributed by atoms with Crippen LogP contribution >= 0.6 is 11.6 Å². The van der Waals surface area contributed by atoms with E-state index in [0.717, 1.165) is 5.56 Å². The molecule has 1 heterocycles. The van der Waals surface area contributed by atoms with Crippen molar-refractivity contribution >= 4 is 33.2 Å². The standard InChI is InChI=1S/C21H21ClN4O3S/c1-16-7-8-18(22)13-20(16)24-21(27)17(14-23)15-25-9-11-26(12-10-25)30(28,29)19-5-3-2-4-6-19/h2-8,13,15H,9-12H2,1H3,(H,24,27)/b17-15-. The predicted molar refractivity (Wildman–Crippen MR) is 115 cm³/mol. The number of carbonyl (C=O) groups excluding carboxylic acids is 1. The summed E-state index contributed by atoms with van der Waals surface area (Å²) in [7, 11) is -3.56. The number of sulfonamides is 1. The number of benzene rings is 2. The van der Waals surface area contributed by atoms with Crippen LogP contribution in [0.15, 0.2) is 65.2 Å². The third-order valence-corrected chi connectivity index (χ3v) is 6.93. The lowest BCUT2D eigenvalue weighted by Crippen LogP contribution is -2.46. The molecule has 1 aliphatic heterocycles. The molecule has 156 valence electrons. The molecule has 0 radical (unpaired) electrons. The largest absolute Gasteiger partial charge is 0.373 e. The highest BCUT2D eigenvalue weighted by Gasteiger charge is 2.28. The van der Waals surface area contributed by atoms with Gasteiger partial charge in [0.15, 0.2) is 0 Å². The number of hydrogen-bond donors (Lipinski definition) is 1. The van der Waals surface area contributed by atoms with E-state index < -0.39 is 15.9 Å². The third kappa shape index (κ3) is 5.00. The highest BCUT2D eigenvalue weighted by Crippen LogP contribution is 2.21. The number of carbonyl (C=O) groups is 1. The lowest BCUT2D eigenvalue weighted by molar-refractivity contribution is -0.112. The van der Waals surface area contributed by atoms with Gasteiger partial charge in [-0.1, -0.05) is 35.9 Å². The second-order valence-electron chi connectivity index (χ2n) is 6.82. The summed E-state index contributed by atoms with van der Waals surface area (Å²) < 4.78 is 26.8. The van der Waals surface area contributed by atoms with Crippen LogP contribution in [0.5, 0.6) is 0 Å². The fourth-order valence-electron chi connectivity index (χ4n) is 3.05. The number of hydrogen-bond acceptors (Lipinski definition) is 5. The van der Waals surface area contributed by atoms with Gasteiger partial charge in [0.25, 0.3) is 5.91 Å². The first-order chi connectivity index (χ1) is 14.3. The van der Waals surface area contributed by atoms with Crippen LogP contribution in [-0.2, 0) is 14.8 Å². The maximum Gasteiger partial charge on any atom is 0.267 e. The molecule has 3 rings (SSSR count). The first-order valence-electron chi connectivity index (χ1n) is 9.30. The molecule has 1 saturated heterocycles. The molecule has 1 fully saturated rings. The highest BCUT2D eigenvalue weighted by atomic mass is 35.5. The van der Waals surface area contributed by atoms with E-state index >= 15 is 0 Å². The van der Waals surface area contributed by atoms with Crippen molar-refractivity contribution in [2.24, 2.45) is 0 Å². The molecule has 0 aliphatic carbocycles. The summed E-state index contributed by atoms with van der Waals surface area (Å²) in [5.41, 5.74) is 1.30. The van der Waals surface area contributed by atoms with Crippen LogP contribution in [0.1, 0.15) is 5.56 Å². The monoisotopic (exact) mass is 444 g/mol. The van der Waals surface area contributed by atoms with E-state index in [-0.39, 0.29) is 23.6 Å². The SMILES string of the molecule is Cc1ccc(Cl)cc1NC(=O)/C(C#N)=C\N1CCN(S(=O)(=O)c2ccccc2)CC1. The zero-order valence-electron chi connectivity index (χ0n) is 16.4. The summed E-state index contributed by atoms with van der Waals surface area (Å²) in [4.78, 5) is 14.5. The molecule has 0 saturated carbocycles. The summed E-state index contributed by atoms with van der Waals surface area (Å²) >= 11 is 5.97. The van der Waals surface area contributed by atoms with Crippen molar-refractivity contribution in [1.82, 2.24) is 9.21 Å².